The van der Waals surface area contributed by atoms with Crippen LogP contribution in [0.2, 0.25) is 0 Å². The average Bonchev–Trinajstić information content (AvgIpc) is 2.47. The van der Waals surface area contributed by atoms with Crippen LogP contribution in [-0.4, -0.2) is 35.2 Å². The maximum Gasteiger partial charge on any atom is 0.317 e. The van der Waals surface area contributed by atoms with Crippen molar-refractivity contribution in [2.45, 2.75) is 38.3 Å². The van der Waals surface area contributed by atoms with Crippen LogP contribution in [0, 0.1) is 5.82 Å². The molecule has 1 aliphatic rings. The molecule has 5 heteroatoms. The van der Waals surface area contributed by atoms with E-state index >= 15 is 0 Å². The van der Waals surface area contributed by atoms with E-state index in [1.165, 1.54) is 6.07 Å². The van der Waals surface area contributed by atoms with Crippen LogP contribution >= 0.6 is 0 Å². The van der Waals surface area contributed by atoms with E-state index in [0.717, 1.165) is 19.3 Å². The topological polar surface area (TPSA) is 52.6 Å². The Morgan fingerprint density at radius 3 is 2.95 bits per heavy atom. The van der Waals surface area contributed by atoms with Gasteiger partial charge in [-0.3, -0.25) is 0 Å². The Hall–Kier alpha value is -1.62. The second kappa shape index (κ2) is 7.24. The first-order valence-electron chi connectivity index (χ1n) is 7.11. The van der Waals surface area contributed by atoms with Gasteiger partial charge in [0.05, 0.1) is 0 Å². The van der Waals surface area contributed by atoms with Crippen LogP contribution in [-0.2, 0) is 6.54 Å². The predicted molar refractivity (Wildman–Crippen MR) is 74.7 cm³/mol. The van der Waals surface area contributed by atoms with Crippen LogP contribution in [0.5, 0.6) is 0 Å². The Morgan fingerprint density at radius 2 is 2.20 bits per heavy atom. The molecule has 2 rings (SSSR count). The first-order valence-corrected chi connectivity index (χ1v) is 7.11. The number of piperidine rings is 1. The number of nitrogens with one attached hydrogen (secondary N) is 1. The van der Waals surface area contributed by atoms with Gasteiger partial charge in [-0.1, -0.05) is 18.2 Å². The summed E-state index contributed by atoms with van der Waals surface area (Å²) in [6.45, 7) is 0.976. The number of hydrogen-bond donors (Lipinski definition) is 2. The third-order valence-corrected chi connectivity index (χ3v) is 3.74. The molecule has 1 atom stereocenters. The van der Waals surface area contributed by atoms with Crippen molar-refractivity contribution in [3.05, 3.63) is 35.6 Å². The summed E-state index contributed by atoms with van der Waals surface area (Å²) in [6, 6.07) is 6.34. The van der Waals surface area contributed by atoms with Gasteiger partial charge in [0, 0.05) is 31.3 Å². The maximum atomic E-state index is 13.5. The Balaban J connectivity index is 1.91. The van der Waals surface area contributed by atoms with Gasteiger partial charge in [0.1, 0.15) is 5.82 Å². The molecule has 20 heavy (non-hydrogen) atoms. The van der Waals surface area contributed by atoms with Crippen LogP contribution in [0.15, 0.2) is 24.3 Å². The van der Waals surface area contributed by atoms with Crippen molar-refractivity contribution < 1.29 is 14.3 Å². The van der Waals surface area contributed by atoms with E-state index < -0.39 is 0 Å². The average molecular weight is 280 g/mol. The zero-order chi connectivity index (χ0) is 14.4. The molecule has 2 N–H and O–H groups in total. The van der Waals surface area contributed by atoms with Gasteiger partial charge in [0.15, 0.2) is 0 Å². The molecule has 1 unspecified atom stereocenters. The lowest BCUT2D eigenvalue weighted by atomic mass is 10.0. The Morgan fingerprint density at radius 1 is 1.40 bits per heavy atom. The van der Waals surface area contributed by atoms with Crippen LogP contribution in [0.4, 0.5) is 9.18 Å². The molecule has 1 heterocycles. The van der Waals surface area contributed by atoms with E-state index in [1.807, 2.05) is 0 Å². The standard InChI is InChI=1S/C15H21FN2O2/c16-14-7-2-1-5-12(14)11-17-15(20)18-9-4-3-6-13(18)8-10-19/h1-2,5,7,13,19H,3-4,6,8-11H2,(H,17,20). The second-order valence-corrected chi connectivity index (χ2v) is 5.11. The van der Waals surface area contributed by atoms with Crippen molar-refractivity contribution in [1.29, 1.82) is 0 Å². The maximum absolute atomic E-state index is 13.5. The number of aliphatic hydroxyl groups is 1. The third-order valence-electron chi connectivity index (χ3n) is 3.74. The van der Waals surface area contributed by atoms with E-state index in [1.54, 1.807) is 23.1 Å². The van der Waals surface area contributed by atoms with Gasteiger partial charge >= 0.3 is 6.03 Å². The summed E-state index contributed by atoms with van der Waals surface area (Å²) < 4.78 is 13.5. The zero-order valence-corrected chi connectivity index (χ0v) is 11.5. The van der Waals surface area contributed by atoms with E-state index in [2.05, 4.69) is 5.32 Å². The summed E-state index contributed by atoms with van der Waals surface area (Å²) in [6.07, 6.45) is 3.59. The first-order chi connectivity index (χ1) is 9.72. The second-order valence-electron chi connectivity index (χ2n) is 5.11. The molecule has 1 aliphatic heterocycles. The number of hydrogen-bond acceptors (Lipinski definition) is 2. The lowest BCUT2D eigenvalue weighted by molar-refractivity contribution is 0.131. The fraction of sp³-hybridized carbons (Fsp3) is 0.533. The van der Waals surface area contributed by atoms with Crippen LogP contribution in [0.25, 0.3) is 0 Å². The van der Waals surface area contributed by atoms with Crippen LogP contribution < -0.4 is 5.32 Å². The van der Waals surface area contributed by atoms with Crippen molar-refractivity contribution >= 4 is 6.03 Å². The molecular formula is C15H21FN2O2. The van der Waals surface area contributed by atoms with Crippen molar-refractivity contribution in [3.63, 3.8) is 0 Å². The summed E-state index contributed by atoms with van der Waals surface area (Å²) >= 11 is 0. The number of likely N-dealkylation sites (tertiary alicyclic amines) is 1. The Bertz CT molecular complexity index is 451. The molecule has 4 nitrogen and oxygen atoms in total. The van der Waals surface area contributed by atoms with E-state index in [0.29, 0.717) is 18.5 Å². The number of amides is 2. The summed E-state index contributed by atoms with van der Waals surface area (Å²) in [4.78, 5) is 13.9. The lowest BCUT2D eigenvalue weighted by Crippen LogP contribution is -2.48. The van der Waals surface area contributed by atoms with Gasteiger partial charge in [-0.05, 0) is 31.7 Å². The van der Waals surface area contributed by atoms with Crippen molar-refractivity contribution in [1.82, 2.24) is 10.2 Å². The van der Waals surface area contributed by atoms with Crippen molar-refractivity contribution in [3.8, 4) is 0 Å². The highest BCUT2D eigenvalue weighted by Gasteiger charge is 2.25. The van der Waals surface area contributed by atoms with E-state index in [4.69, 9.17) is 5.11 Å². The molecule has 0 radical (unpaired) electrons. The van der Waals surface area contributed by atoms with Gasteiger partial charge < -0.3 is 15.3 Å². The fourth-order valence-electron chi connectivity index (χ4n) is 2.63. The molecule has 1 saturated heterocycles. The summed E-state index contributed by atoms with van der Waals surface area (Å²) in [5.74, 6) is -0.307. The van der Waals surface area contributed by atoms with Gasteiger partial charge in [-0.25, -0.2) is 9.18 Å². The SMILES string of the molecule is O=C(NCc1ccccc1F)N1CCCCC1CCO. The van der Waals surface area contributed by atoms with Gasteiger partial charge in [-0.2, -0.15) is 0 Å². The zero-order valence-electron chi connectivity index (χ0n) is 11.5. The molecule has 0 spiro atoms. The van der Waals surface area contributed by atoms with Crippen molar-refractivity contribution in [2.24, 2.45) is 0 Å². The van der Waals surface area contributed by atoms with Crippen molar-refractivity contribution in [2.75, 3.05) is 13.2 Å². The molecular weight excluding hydrogens is 259 g/mol. The molecule has 1 fully saturated rings. The summed E-state index contributed by atoms with van der Waals surface area (Å²) in [5.41, 5.74) is 0.483. The number of aliphatic hydroxyl groups excluding tert-OH is 1. The Labute approximate surface area is 118 Å². The summed E-state index contributed by atoms with van der Waals surface area (Å²) in [5, 5.41) is 11.8. The largest absolute Gasteiger partial charge is 0.396 e. The number of halogens is 1. The minimum absolute atomic E-state index is 0.0851. The predicted octanol–water partition coefficient (Wildman–Crippen LogP) is 2.27. The number of nitrogens with zero attached hydrogens (tertiary/aromatic N) is 1. The fourth-order valence-corrected chi connectivity index (χ4v) is 2.63. The number of rotatable bonds is 4. The highest BCUT2D eigenvalue weighted by molar-refractivity contribution is 5.74. The minimum atomic E-state index is -0.307. The number of carbonyl (C=O) groups excluding carboxylic acids is 1. The van der Waals surface area contributed by atoms with Gasteiger partial charge in [-0.15, -0.1) is 0 Å². The van der Waals surface area contributed by atoms with Crippen LogP contribution in [0.3, 0.4) is 0 Å². The lowest BCUT2D eigenvalue weighted by Gasteiger charge is -2.35. The molecule has 1 aromatic rings. The summed E-state index contributed by atoms with van der Waals surface area (Å²) in [7, 11) is 0. The molecule has 110 valence electrons. The quantitative estimate of drug-likeness (QED) is 0.889. The third kappa shape index (κ3) is 3.70. The van der Waals surface area contributed by atoms with E-state index in [-0.39, 0.29) is 31.0 Å². The molecule has 0 saturated carbocycles. The van der Waals surface area contributed by atoms with E-state index in [9.17, 15) is 9.18 Å². The molecule has 0 aromatic heterocycles. The molecule has 2 amide bonds. The number of urea groups is 1. The van der Waals surface area contributed by atoms with Crippen LogP contribution in [0.1, 0.15) is 31.2 Å². The van der Waals surface area contributed by atoms with Gasteiger partial charge in [0.2, 0.25) is 0 Å². The normalized spacial score (nSPS) is 18.9. The highest BCUT2D eigenvalue weighted by Crippen LogP contribution is 2.19. The smallest absolute Gasteiger partial charge is 0.317 e. The van der Waals surface area contributed by atoms with Gasteiger partial charge in [0.25, 0.3) is 0 Å². The first kappa shape index (κ1) is 14.8. The number of carbonyl (C=O) groups is 1. The molecule has 0 bridgehead atoms. The monoisotopic (exact) mass is 280 g/mol. The molecule has 1 aromatic carbocycles. The minimum Gasteiger partial charge on any atom is -0.396 e. The highest BCUT2D eigenvalue weighted by atomic mass is 19.1. The molecule has 0 aliphatic carbocycles. The Kier molecular flexibility index (Phi) is 5.35. The number of benzene rings is 1.